The van der Waals surface area contributed by atoms with E-state index < -0.39 is 113 Å². The first-order valence-electron chi connectivity index (χ1n) is 28.7. The molecular formula is C59H97N3O17. The van der Waals surface area contributed by atoms with E-state index in [2.05, 4.69) is 0 Å². The molecule has 450 valence electrons. The Kier molecular flexibility index (Phi) is 21.9. The summed E-state index contributed by atoms with van der Waals surface area (Å²) in [5.41, 5.74) is -3.48. The minimum absolute atomic E-state index is 0.175. The minimum Gasteiger partial charge on any atom is -0.477 e. The van der Waals surface area contributed by atoms with Crippen molar-refractivity contribution in [1.82, 2.24) is 14.4 Å². The van der Waals surface area contributed by atoms with Crippen molar-refractivity contribution in [1.29, 1.82) is 0 Å². The maximum Gasteiger partial charge on any atom is 0.341 e. The number of carbonyl (C=O) groups excluding carboxylic acids is 1. The maximum atomic E-state index is 14.6. The van der Waals surface area contributed by atoms with Crippen LogP contribution in [0.15, 0.2) is 23.1 Å². The van der Waals surface area contributed by atoms with E-state index in [-0.39, 0.29) is 42.9 Å². The Hall–Kier alpha value is -3.19. The number of cyclic esters (lactones) is 1. The highest BCUT2D eigenvalue weighted by Gasteiger charge is 2.53. The molecule has 18 atom stereocenters. The van der Waals surface area contributed by atoms with Gasteiger partial charge in [-0.3, -0.25) is 9.59 Å². The van der Waals surface area contributed by atoms with E-state index in [1.807, 2.05) is 91.5 Å². The summed E-state index contributed by atoms with van der Waals surface area (Å²) in [5, 5.41) is 58.4. The molecule has 20 heteroatoms. The van der Waals surface area contributed by atoms with Gasteiger partial charge in [0.2, 0.25) is 5.43 Å². The van der Waals surface area contributed by atoms with Crippen LogP contribution in [0.2, 0.25) is 0 Å². The molecule has 79 heavy (non-hydrogen) atoms. The lowest BCUT2D eigenvalue weighted by Gasteiger charge is -2.49. The molecule has 0 spiro atoms. The van der Waals surface area contributed by atoms with Crippen LogP contribution in [0.25, 0.3) is 10.9 Å². The predicted molar refractivity (Wildman–Crippen MR) is 296 cm³/mol. The van der Waals surface area contributed by atoms with E-state index in [1.54, 1.807) is 39.4 Å². The summed E-state index contributed by atoms with van der Waals surface area (Å²) in [7, 11) is 7.23. The second-order valence-corrected chi connectivity index (χ2v) is 24.9. The Bertz CT molecular complexity index is 2410. The zero-order valence-corrected chi connectivity index (χ0v) is 50.1. The van der Waals surface area contributed by atoms with E-state index >= 15 is 0 Å². The number of carboxylic acid groups (broad SMARTS) is 1. The van der Waals surface area contributed by atoms with Crippen molar-refractivity contribution >= 4 is 22.8 Å². The highest BCUT2D eigenvalue weighted by Crippen LogP contribution is 2.41. The second kappa shape index (κ2) is 26.6. The number of hydrogen-bond donors (Lipinski definition) is 5. The SMILES string of the molecule is CC[C@H]1OC(=O)[C@H](C)[C@@H](O[C@H]2C[C@@](C)(OC)[C@@H](OCCCOCCCCc3cc4c5c(c3)c(=O)c(C(=O)O)cn5C(C)(C)OC4)[C@H](C)O2)[C@H](C)[C@@H](O[C@@H]2O[C@H](C)C[C@H](N(C)C)[C@H]2O)[C@](C)(O)C[C@@H](C)CN(C)[C@H](C)[C@@H](O)[C@]1(C)O. The lowest BCUT2D eigenvalue weighted by Crippen LogP contribution is -2.61. The van der Waals surface area contributed by atoms with E-state index in [0.717, 1.165) is 24.0 Å². The van der Waals surface area contributed by atoms with Crippen molar-refractivity contribution in [3.8, 4) is 0 Å². The molecule has 0 aliphatic carbocycles. The van der Waals surface area contributed by atoms with Gasteiger partial charge in [-0.15, -0.1) is 0 Å². The second-order valence-electron chi connectivity index (χ2n) is 24.9. The topological polar surface area (TPSA) is 247 Å². The molecule has 20 nitrogen and oxygen atoms in total. The molecule has 0 bridgehead atoms. The molecule has 2 aromatic rings. The third-order valence-corrected chi connectivity index (χ3v) is 17.5. The van der Waals surface area contributed by atoms with E-state index in [0.29, 0.717) is 63.1 Å². The summed E-state index contributed by atoms with van der Waals surface area (Å²) < 4.78 is 59.5. The summed E-state index contributed by atoms with van der Waals surface area (Å²) in [6.07, 6.45) is -3.73. The number of aromatic carboxylic acids is 1. The first-order chi connectivity index (χ1) is 36.9. The number of unbranched alkanes of at least 4 members (excludes halogenated alkanes) is 1. The summed E-state index contributed by atoms with van der Waals surface area (Å²) >= 11 is 0. The van der Waals surface area contributed by atoms with Gasteiger partial charge in [-0.1, -0.05) is 26.8 Å². The van der Waals surface area contributed by atoms with E-state index in [1.165, 1.54) is 13.1 Å². The summed E-state index contributed by atoms with van der Waals surface area (Å²) in [6, 6.07) is 2.97. The van der Waals surface area contributed by atoms with Crippen LogP contribution >= 0.6 is 0 Å². The highest BCUT2D eigenvalue weighted by molar-refractivity contribution is 5.94. The zero-order chi connectivity index (χ0) is 58.7. The molecule has 1 aromatic heterocycles. The summed E-state index contributed by atoms with van der Waals surface area (Å²) in [5.74, 6) is -3.97. The number of esters is 1. The lowest BCUT2D eigenvalue weighted by atomic mass is 9.77. The Morgan fingerprint density at radius 2 is 1.58 bits per heavy atom. The summed E-state index contributed by atoms with van der Waals surface area (Å²) in [6.45, 7) is 23.7. The number of rotatable bonds is 18. The number of methoxy groups -OCH3 is 1. The van der Waals surface area contributed by atoms with Crippen LogP contribution in [0.3, 0.4) is 0 Å². The molecule has 3 saturated heterocycles. The average Bonchev–Trinajstić information content (AvgIpc) is 3.49. The molecule has 3 fully saturated rings. The molecule has 0 radical (unpaired) electrons. The minimum atomic E-state index is -1.84. The van der Waals surface area contributed by atoms with Gasteiger partial charge in [0.1, 0.15) is 41.3 Å². The van der Waals surface area contributed by atoms with Crippen LogP contribution in [0, 0.1) is 17.8 Å². The van der Waals surface area contributed by atoms with Gasteiger partial charge in [0.25, 0.3) is 0 Å². The van der Waals surface area contributed by atoms with Gasteiger partial charge in [0.05, 0.1) is 53.7 Å². The van der Waals surface area contributed by atoms with Crippen molar-refractivity contribution in [2.24, 2.45) is 17.8 Å². The molecule has 5 heterocycles. The zero-order valence-electron chi connectivity index (χ0n) is 50.1. The Labute approximate surface area is 468 Å². The number of aliphatic hydroxyl groups excluding tert-OH is 2. The first kappa shape index (κ1) is 65.0. The van der Waals surface area contributed by atoms with E-state index in [4.69, 9.17) is 42.6 Å². The predicted octanol–water partition coefficient (Wildman–Crippen LogP) is 5.59. The number of aromatic nitrogens is 1. The molecule has 0 unspecified atom stereocenters. The molecule has 5 N–H and O–H groups in total. The standard InChI is InChI=1S/C59H97N3O17/c1-17-44-59(12,70)50(65)37(6)61(15)30-33(2)28-57(10,69)51(79-55-48(64)43(60(13)14)25-34(3)75-55)35(4)49(36(5)54(68)77-44)78-45-29-58(11,71-16)52(38(7)76-45)73-24-20-23-72-22-19-18-21-39-26-40-32-74-56(8,9)62-31-42(53(66)67)47(63)41(27-39)46(40)62/h26-27,31,33-38,43-45,48-52,55,64-65,69-70H,17-25,28-30,32H2,1-16H3,(H,66,67)/t33-,34-,35+,36-,37-,38+,43+,44-,45+,48-,49+,50-,51-,52+,55+,57-,58-,59-/m1/s1. The van der Waals surface area contributed by atoms with Gasteiger partial charge in [0.15, 0.2) is 12.6 Å². The lowest BCUT2D eigenvalue weighted by molar-refractivity contribution is -0.320. The van der Waals surface area contributed by atoms with Crippen molar-refractivity contribution in [2.75, 3.05) is 54.6 Å². The molecule has 4 aliphatic heterocycles. The van der Waals surface area contributed by atoms with Crippen LogP contribution in [-0.2, 0) is 66.2 Å². The van der Waals surface area contributed by atoms with Crippen molar-refractivity contribution in [3.63, 3.8) is 0 Å². The Morgan fingerprint density at radius 1 is 0.899 bits per heavy atom. The van der Waals surface area contributed by atoms with Gasteiger partial charge in [0, 0.05) is 75.0 Å². The van der Waals surface area contributed by atoms with Crippen LogP contribution in [0.5, 0.6) is 0 Å². The first-order valence-corrected chi connectivity index (χ1v) is 28.7. The molecule has 1 aromatic carbocycles. The number of carboxylic acids is 1. The van der Waals surface area contributed by atoms with E-state index in [9.17, 15) is 39.9 Å². The fourth-order valence-electron chi connectivity index (χ4n) is 12.8. The highest BCUT2D eigenvalue weighted by atomic mass is 16.7. The number of likely N-dealkylation sites (N-methyl/N-ethyl adjacent to an activating group) is 2. The molecule has 6 rings (SSSR count). The van der Waals surface area contributed by atoms with Gasteiger partial charge in [-0.2, -0.15) is 0 Å². The number of benzene rings is 1. The number of carbonyl (C=O) groups is 2. The summed E-state index contributed by atoms with van der Waals surface area (Å²) in [4.78, 5) is 43.7. The van der Waals surface area contributed by atoms with Crippen molar-refractivity contribution < 1.29 is 77.8 Å². The number of aliphatic hydroxyl groups is 4. The number of hydrogen-bond acceptors (Lipinski definition) is 18. The Balaban J connectivity index is 1.13. The van der Waals surface area contributed by atoms with Gasteiger partial charge in [-0.25, -0.2) is 4.79 Å². The van der Waals surface area contributed by atoms with Gasteiger partial charge >= 0.3 is 11.9 Å². The smallest absolute Gasteiger partial charge is 0.341 e. The number of pyridine rings is 1. The third kappa shape index (κ3) is 14.8. The number of aryl methyl sites for hydroxylation is 1. The third-order valence-electron chi connectivity index (χ3n) is 17.5. The van der Waals surface area contributed by atoms with Gasteiger partial charge < -0.3 is 82.5 Å². The van der Waals surface area contributed by atoms with Gasteiger partial charge in [-0.05, 0) is 146 Å². The average molecular weight is 1120 g/mol. The Morgan fingerprint density at radius 3 is 2.23 bits per heavy atom. The monoisotopic (exact) mass is 1120 g/mol. The largest absolute Gasteiger partial charge is 0.477 e. The van der Waals surface area contributed by atoms with Crippen LogP contribution in [0.1, 0.15) is 150 Å². The molecule has 4 aliphatic rings. The normalized spacial score (nSPS) is 38.1. The maximum absolute atomic E-state index is 14.6. The molecule has 0 amide bonds. The number of nitrogens with zero attached hydrogens (tertiary/aromatic N) is 3. The quantitative estimate of drug-likeness (QED) is 0.0902. The van der Waals surface area contributed by atoms with Crippen molar-refractivity contribution in [3.05, 3.63) is 45.2 Å². The van der Waals surface area contributed by atoms with Crippen molar-refractivity contribution in [2.45, 2.75) is 237 Å². The fraction of sp³-hybridized carbons (Fsp3) is 0.814. The van der Waals surface area contributed by atoms with Crippen LogP contribution < -0.4 is 5.43 Å². The van der Waals surface area contributed by atoms with Crippen LogP contribution in [0.4, 0.5) is 0 Å². The molecule has 0 saturated carbocycles. The number of ether oxygens (including phenoxy) is 9. The molecular weight excluding hydrogens is 1020 g/mol. The van der Waals surface area contributed by atoms with Crippen LogP contribution in [-0.4, -0.2) is 197 Å². The fourth-order valence-corrected chi connectivity index (χ4v) is 12.8.